The van der Waals surface area contributed by atoms with Gasteiger partial charge >= 0.3 is 0 Å². The van der Waals surface area contributed by atoms with Crippen molar-refractivity contribution in [2.75, 3.05) is 32.8 Å². The Hall–Kier alpha value is -0.120. The van der Waals surface area contributed by atoms with Gasteiger partial charge < -0.3 is 10.5 Å². The van der Waals surface area contributed by atoms with Crippen LogP contribution >= 0.6 is 0 Å². The fraction of sp³-hybridized carbons (Fsp3) is 1.00. The molecular formula is C10H22N2O. The molecule has 1 saturated heterocycles. The van der Waals surface area contributed by atoms with Crippen LogP contribution in [-0.4, -0.2) is 43.8 Å². The molecule has 1 atom stereocenters. The van der Waals surface area contributed by atoms with Crippen molar-refractivity contribution >= 4 is 0 Å². The maximum Gasteiger partial charge on any atom is 0.0621 e. The van der Waals surface area contributed by atoms with Gasteiger partial charge in [-0.3, -0.25) is 4.90 Å². The van der Waals surface area contributed by atoms with Crippen molar-refractivity contribution in [1.82, 2.24) is 4.90 Å². The highest BCUT2D eigenvalue weighted by Gasteiger charge is 2.21. The summed E-state index contributed by atoms with van der Waals surface area (Å²) in [5.41, 5.74) is 5.57. The first-order chi connectivity index (χ1) is 6.38. The minimum Gasteiger partial charge on any atom is -0.380 e. The summed E-state index contributed by atoms with van der Waals surface area (Å²) in [7, 11) is 0. The third-order valence-electron chi connectivity index (χ3n) is 2.68. The van der Waals surface area contributed by atoms with Crippen LogP contribution in [0.1, 0.15) is 26.2 Å². The van der Waals surface area contributed by atoms with Crippen molar-refractivity contribution in [3.05, 3.63) is 0 Å². The minimum atomic E-state index is 0.622. The minimum absolute atomic E-state index is 0.622. The number of piperidine rings is 1. The van der Waals surface area contributed by atoms with Crippen molar-refractivity contribution in [1.29, 1.82) is 0 Å². The number of nitrogens with two attached hydrogens (primary N) is 1. The quantitative estimate of drug-likeness (QED) is 0.691. The summed E-state index contributed by atoms with van der Waals surface area (Å²) in [5, 5.41) is 0. The molecule has 1 aliphatic rings. The van der Waals surface area contributed by atoms with Crippen LogP contribution in [0.15, 0.2) is 0 Å². The second-order valence-corrected chi connectivity index (χ2v) is 3.63. The average molecular weight is 186 g/mol. The van der Waals surface area contributed by atoms with Crippen LogP contribution < -0.4 is 5.73 Å². The lowest BCUT2D eigenvalue weighted by molar-refractivity contribution is 0.0472. The van der Waals surface area contributed by atoms with Gasteiger partial charge in [0, 0.05) is 25.7 Å². The van der Waals surface area contributed by atoms with E-state index in [1.165, 1.54) is 25.8 Å². The lowest BCUT2D eigenvalue weighted by atomic mass is 10.0. The lowest BCUT2D eigenvalue weighted by Gasteiger charge is -2.35. The normalized spacial score (nSPS) is 24.9. The highest BCUT2D eigenvalue weighted by Crippen LogP contribution is 2.16. The van der Waals surface area contributed by atoms with Gasteiger partial charge in [-0.25, -0.2) is 0 Å². The molecule has 3 nitrogen and oxygen atoms in total. The predicted molar refractivity (Wildman–Crippen MR) is 54.8 cm³/mol. The Labute approximate surface area is 81.2 Å². The van der Waals surface area contributed by atoms with Gasteiger partial charge in [0.25, 0.3) is 0 Å². The zero-order chi connectivity index (χ0) is 9.52. The third-order valence-corrected chi connectivity index (χ3v) is 2.68. The second-order valence-electron chi connectivity index (χ2n) is 3.63. The number of hydrogen-bond donors (Lipinski definition) is 1. The molecule has 0 saturated carbocycles. The Kier molecular flexibility index (Phi) is 5.35. The van der Waals surface area contributed by atoms with E-state index in [1.807, 2.05) is 0 Å². The molecule has 0 aliphatic carbocycles. The van der Waals surface area contributed by atoms with Gasteiger partial charge in [-0.05, 0) is 26.3 Å². The van der Waals surface area contributed by atoms with Gasteiger partial charge in [-0.2, -0.15) is 0 Å². The number of rotatable bonds is 5. The molecule has 0 bridgehead atoms. The van der Waals surface area contributed by atoms with Crippen LogP contribution in [0.3, 0.4) is 0 Å². The standard InChI is InChI=1S/C10H22N2O/c1-2-13-9-10-5-3-4-7-12(10)8-6-11/h10H,2-9,11H2,1H3/t10-/m0/s1. The fourth-order valence-corrected chi connectivity index (χ4v) is 1.96. The summed E-state index contributed by atoms with van der Waals surface area (Å²) < 4.78 is 5.47. The van der Waals surface area contributed by atoms with E-state index in [0.29, 0.717) is 6.04 Å². The Morgan fingerprint density at radius 2 is 2.31 bits per heavy atom. The summed E-state index contributed by atoms with van der Waals surface area (Å²) in [6, 6.07) is 0.622. The topological polar surface area (TPSA) is 38.5 Å². The Morgan fingerprint density at radius 1 is 1.46 bits per heavy atom. The van der Waals surface area contributed by atoms with Gasteiger partial charge in [-0.1, -0.05) is 6.42 Å². The Balaban J connectivity index is 2.28. The van der Waals surface area contributed by atoms with Crippen molar-refractivity contribution in [2.45, 2.75) is 32.2 Å². The number of ether oxygens (including phenoxy) is 1. The molecule has 1 heterocycles. The van der Waals surface area contributed by atoms with E-state index in [2.05, 4.69) is 11.8 Å². The van der Waals surface area contributed by atoms with Crippen LogP contribution in [-0.2, 0) is 4.74 Å². The Bertz CT molecular complexity index is 128. The third kappa shape index (κ3) is 3.63. The van der Waals surface area contributed by atoms with Crippen LogP contribution in [0, 0.1) is 0 Å². The second kappa shape index (κ2) is 6.35. The van der Waals surface area contributed by atoms with E-state index in [1.54, 1.807) is 0 Å². The van der Waals surface area contributed by atoms with E-state index < -0.39 is 0 Å². The zero-order valence-corrected chi connectivity index (χ0v) is 8.67. The molecule has 1 aliphatic heterocycles. The van der Waals surface area contributed by atoms with E-state index in [0.717, 1.165) is 26.3 Å². The number of hydrogen-bond acceptors (Lipinski definition) is 3. The largest absolute Gasteiger partial charge is 0.380 e. The smallest absolute Gasteiger partial charge is 0.0621 e. The van der Waals surface area contributed by atoms with Gasteiger partial charge in [0.1, 0.15) is 0 Å². The average Bonchev–Trinajstić information content (AvgIpc) is 2.17. The first-order valence-electron chi connectivity index (χ1n) is 5.40. The SMILES string of the molecule is CCOC[C@@H]1CCCCN1CCN. The molecule has 3 heteroatoms. The molecule has 0 aromatic rings. The monoisotopic (exact) mass is 186 g/mol. The summed E-state index contributed by atoms with van der Waals surface area (Å²) in [5.74, 6) is 0. The summed E-state index contributed by atoms with van der Waals surface area (Å²) in [4.78, 5) is 2.47. The first kappa shape index (κ1) is 11.0. The zero-order valence-electron chi connectivity index (χ0n) is 8.67. The molecule has 0 radical (unpaired) electrons. The van der Waals surface area contributed by atoms with Gasteiger partial charge in [0.15, 0.2) is 0 Å². The van der Waals surface area contributed by atoms with Crippen molar-refractivity contribution in [3.8, 4) is 0 Å². The van der Waals surface area contributed by atoms with Crippen LogP contribution in [0.25, 0.3) is 0 Å². The van der Waals surface area contributed by atoms with Crippen LogP contribution in [0.2, 0.25) is 0 Å². The lowest BCUT2D eigenvalue weighted by Crippen LogP contribution is -2.44. The summed E-state index contributed by atoms with van der Waals surface area (Å²) in [6.07, 6.45) is 3.95. The van der Waals surface area contributed by atoms with Gasteiger partial charge in [-0.15, -0.1) is 0 Å². The van der Waals surface area contributed by atoms with Crippen LogP contribution in [0.5, 0.6) is 0 Å². The van der Waals surface area contributed by atoms with Gasteiger partial charge in [0.05, 0.1) is 6.61 Å². The summed E-state index contributed by atoms with van der Waals surface area (Å²) >= 11 is 0. The molecule has 1 fully saturated rings. The molecule has 0 unspecified atom stereocenters. The molecule has 78 valence electrons. The molecule has 1 rings (SSSR count). The van der Waals surface area contributed by atoms with E-state index in [-0.39, 0.29) is 0 Å². The van der Waals surface area contributed by atoms with E-state index in [9.17, 15) is 0 Å². The number of likely N-dealkylation sites (tertiary alicyclic amines) is 1. The molecule has 0 amide bonds. The molecule has 2 N–H and O–H groups in total. The van der Waals surface area contributed by atoms with E-state index >= 15 is 0 Å². The molecule has 0 aromatic heterocycles. The molecular weight excluding hydrogens is 164 g/mol. The highest BCUT2D eigenvalue weighted by atomic mass is 16.5. The molecule has 0 spiro atoms. The maximum absolute atomic E-state index is 5.57. The van der Waals surface area contributed by atoms with E-state index in [4.69, 9.17) is 10.5 Å². The summed E-state index contributed by atoms with van der Waals surface area (Å²) in [6.45, 7) is 6.76. The van der Waals surface area contributed by atoms with Crippen molar-refractivity contribution < 1.29 is 4.74 Å². The highest BCUT2D eigenvalue weighted by molar-refractivity contribution is 4.76. The fourth-order valence-electron chi connectivity index (χ4n) is 1.96. The maximum atomic E-state index is 5.57. The molecule has 13 heavy (non-hydrogen) atoms. The predicted octanol–water partition coefficient (Wildman–Crippen LogP) is 0.836. The molecule has 0 aromatic carbocycles. The van der Waals surface area contributed by atoms with Gasteiger partial charge in [0.2, 0.25) is 0 Å². The van der Waals surface area contributed by atoms with Crippen molar-refractivity contribution in [3.63, 3.8) is 0 Å². The van der Waals surface area contributed by atoms with Crippen molar-refractivity contribution in [2.24, 2.45) is 5.73 Å². The first-order valence-corrected chi connectivity index (χ1v) is 5.40. The van der Waals surface area contributed by atoms with Crippen LogP contribution in [0.4, 0.5) is 0 Å². The number of nitrogens with zero attached hydrogens (tertiary/aromatic N) is 1. The Morgan fingerprint density at radius 3 is 3.00 bits per heavy atom.